The van der Waals surface area contributed by atoms with E-state index < -0.39 is 23.4 Å². The van der Waals surface area contributed by atoms with Crippen molar-refractivity contribution in [3.05, 3.63) is 82.2 Å². The molecule has 3 fully saturated rings. The van der Waals surface area contributed by atoms with Crippen LogP contribution in [0.5, 0.6) is 0 Å². The number of carbonyl (C=O) groups excluding carboxylic acids is 1. The molecule has 36 heavy (non-hydrogen) atoms. The van der Waals surface area contributed by atoms with E-state index in [0.29, 0.717) is 54.9 Å². The summed E-state index contributed by atoms with van der Waals surface area (Å²) in [4.78, 5) is 12.5. The standard InChI is InChI=1S/C30H33F3O3/c1-2-3-18-4-6-19(7-5-18)23-14-15-24(29(33)28(23)32)20-8-11-22(12-9-20)36-30(34)25-13-10-21(16-26(25)31)27-17-35-27/h2-3,10,13-16,18-20,22,27H,4-9,11-12,17H2,1H3/b3-2+. The molecule has 192 valence electrons. The summed E-state index contributed by atoms with van der Waals surface area (Å²) in [5.74, 6) is -2.26. The summed E-state index contributed by atoms with van der Waals surface area (Å²) in [6.07, 6.45) is 9.82. The molecule has 1 saturated heterocycles. The highest BCUT2D eigenvalue weighted by Crippen LogP contribution is 2.41. The van der Waals surface area contributed by atoms with E-state index in [1.165, 1.54) is 12.1 Å². The van der Waals surface area contributed by atoms with Crippen LogP contribution in [0.15, 0.2) is 42.5 Å². The molecule has 6 heteroatoms. The number of hydrogen-bond donors (Lipinski definition) is 0. The van der Waals surface area contributed by atoms with Crippen LogP contribution >= 0.6 is 0 Å². The zero-order valence-corrected chi connectivity index (χ0v) is 20.7. The van der Waals surface area contributed by atoms with Crippen molar-refractivity contribution in [2.24, 2.45) is 5.92 Å². The number of ether oxygens (including phenoxy) is 2. The summed E-state index contributed by atoms with van der Waals surface area (Å²) in [5.41, 5.74) is 1.53. The fraction of sp³-hybridized carbons (Fsp3) is 0.500. The van der Waals surface area contributed by atoms with Gasteiger partial charge >= 0.3 is 5.97 Å². The van der Waals surface area contributed by atoms with Gasteiger partial charge in [-0.2, -0.15) is 0 Å². The molecule has 2 aromatic carbocycles. The van der Waals surface area contributed by atoms with Crippen LogP contribution in [-0.2, 0) is 9.47 Å². The average Bonchev–Trinajstić information content (AvgIpc) is 3.73. The maximum Gasteiger partial charge on any atom is 0.341 e. The van der Waals surface area contributed by atoms with Gasteiger partial charge in [-0.15, -0.1) is 0 Å². The number of halogens is 3. The van der Waals surface area contributed by atoms with Gasteiger partial charge in [0.2, 0.25) is 0 Å². The third kappa shape index (κ3) is 5.39. The van der Waals surface area contributed by atoms with Crippen molar-refractivity contribution in [3.8, 4) is 0 Å². The van der Waals surface area contributed by atoms with Crippen molar-refractivity contribution in [1.82, 2.24) is 0 Å². The van der Waals surface area contributed by atoms with Crippen molar-refractivity contribution in [2.75, 3.05) is 6.61 Å². The minimum atomic E-state index is -0.731. The fourth-order valence-corrected chi connectivity index (χ4v) is 5.95. The first-order chi connectivity index (χ1) is 17.4. The Balaban J connectivity index is 1.17. The molecular formula is C30H33F3O3. The maximum atomic E-state index is 15.1. The zero-order valence-electron chi connectivity index (χ0n) is 20.7. The van der Waals surface area contributed by atoms with E-state index in [1.54, 1.807) is 18.2 Å². The van der Waals surface area contributed by atoms with E-state index in [1.807, 2.05) is 6.92 Å². The first kappa shape index (κ1) is 25.1. The number of allylic oxidation sites excluding steroid dienone is 2. The van der Waals surface area contributed by atoms with E-state index in [9.17, 15) is 9.18 Å². The van der Waals surface area contributed by atoms with Crippen LogP contribution in [0.2, 0.25) is 0 Å². The van der Waals surface area contributed by atoms with E-state index in [0.717, 1.165) is 25.7 Å². The molecule has 3 nitrogen and oxygen atoms in total. The molecule has 5 rings (SSSR count). The van der Waals surface area contributed by atoms with Crippen molar-refractivity contribution < 1.29 is 27.4 Å². The second-order valence-corrected chi connectivity index (χ2v) is 10.4. The lowest BCUT2D eigenvalue weighted by atomic mass is 9.77. The number of benzene rings is 2. The largest absolute Gasteiger partial charge is 0.459 e. The Hall–Kier alpha value is -2.60. The summed E-state index contributed by atoms with van der Waals surface area (Å²) in [5, 5.41) is 0. The summed E-state index contributed by atoms with van der Waals surface area (Å²) >= 11 is 0. The van der Waals surface area contributed by atoms with Gasteiger partial charge in [-0.25, -0.2) is 18.0 Å². The Morgan fingerprint density at radius 3 is 2.00 bits per heavy atom. The normalized spacial score (nSPS) is 28.3. The average molecular weight is 499 g/mol. The van der Waals surface area contributed by atoms with Gasteiger partial charge in [0.25, 0.3) is 0 Å². The Bertz CT molecular complexity index is 1120. The fourth-order valence-electron chi connectivity index (χ4n) is 5.95. The summed E-state index contributed by atoms with van der Waals surface area (Å²) in [7, 11) is 0. The molecule has 1 heterocycles. The quantitative estimate of drug-likeness (QED) is 0.231. The molecule has 2 saturated carbocycles. The molecule has 2 aromatic rings. The van der Waals surface area contributed by atoms with Crippen molar-refractivity contribution >= 4 is 5.97 Å². The first-order valence-electron chi connectivity index (χ1n) is 13.2. The van der Waals surface area contributed by atoms with E-state index in [-0.39, 0.29) is 29.6 Å². The van der Waals surface area contributed by atoms with Crippen molar-refractivity contribution in [3.63, 3.8) is 0 Å². The predicted octanol–water partition coefficient (Wildman–Crippen LogP) is 7.91. The van der Waals surface area contributed by atoms with Gasteiger partial charge < -0.3 is 9.47 Å². The Labute approximate surface area is 210 Å². The molecule has 1 atom stereocenters. The number of rotatable bonds is 6. The number of carbonyl (C=O) groups is 1. The van der Waals surface area contributed by atoms with Crippen LogP contribution in [-0.4, -0.2) is 18.7 Å². The third-order valence-electron chi connectivity index (χ3n) is 8.12. The molecule has 0 spiro atoms. The highest BCUT2D eigenvalue weighted by Gasteiger charge is 2.31. The Morgan fingerprint density at radius 2 is 1.47 bits per heavy atom. The van der Waals surface area contributed by atoms with Crippen LogP contribution in [0.1, 0.15) is 103 Å². The summed E-state index contributed by atoms with van der Waals surface area (Å²) in [6.45, 7) is 2.58. The number of epoxide rings is 1. The highest BCUT2D eigenvalue weighted by atomic mass is 19.2. The lowest BCUT2D eigenvalue weighted by Crippen LogP contribution is -2.25. The molecule has 2 aliphatic carbocycles. The molecular weight excluding hydrogens is 465 g/mol. The molecule has 0 amide bonds. The summed E-state index contributed by atoms with van der Waals surface area (Å²) < 4.78 is 55.3. The Kier molecular flexibility index (Phi) is 7.52. The van der Waals surface area contributed by atoms with Gasteiger partial charge in [-0.05, 0) is 105 Å². The molecule has 1 aliphatic heterocycles. The van der Waals surface area contributed by atoms with Gasteiger partial charge in [0.05, 0.1) is 12.2 Å². The Morgan fingerprint density at radius 1 is 0.889 bits per heavy atom. The van der Waals surface area contributed by atoms with Crippen LogP contribution in [0.3, 0.4) is 0 Å². The summed E-state index contributed by atoms with van der Waals surface area (Å²) in [6, 6.07) is 7.97. The van der Waals surface area contributed by atoms with E-state index in [2.05, 4.69) is 12.2 Å². The van der Waals surface area contributed by atoms with Gasteiger partial charge in [0.15, 0.2) is 11.6 Å². The van der Waals surface area contributed by atoms with Crippen LogP contribution in [0.4, 0.5) is 13.2 Å². The minimum Gasteiger partial charge on any atom is -0.459 e. The van der Waals surface area contributed by atoms with Crippen LogP contribution < -0.4 is 0 Å². The predicted molar refractivity (Wildman–Crippen MR) is 131 cm³/mol. The number of hydrogen-bond acceptors (Lipinski definition) is 3. The van der Waals surface area contributed by atoms with Gasteiger partial charge in [0, 0.05) is 0 Å². The topological polar surface area (TPSA) is 38.8 Å². The lowest BCUT2D eigenvalue weighted by molar-refractivity contribution is 0.0189. The second-order valence-electron chi connectivity index (χ2n) is 10.4. The smallest absolute Gasteiger partial charge is 0.341 e. The van der Waals surface area contributed by atoms with Gasteiger partial charge in [-0.1, -0.05) is 30.4 Å². The monoisotopic (exact) mass is 498 g/mol. The van der Waals surface area contributed by atoms with Crippen LogP contribution in [0.25, 0.3) is 0 Å². The molecule has 0 radical (unpaired) electrons. The SMILES string of the molecule is C/C=C/C1CCC(c2ccc(C3CCC(OC(=O)c4ccc(C5CO5)cc4F)CC3)c(F)c2F)CC1. The zero-order chi connectivity index (χ0) is 25.2. The van der Waals surface area contributed by atoms with Gasteiger partial charge in [0.1, 0.15) is 18.0 Å². The van der Waals surface area contributed by atoms with Crippen molar-refractivity contribution in [2.45, 2.75) is 82.3 Å². The molecule has 3 aliphatic rings. The molecule has 0 bridgehead atoms. The highest BCUT2D eigenvalue weighted by molar-refractivity contribution is 5.89. The molecule has 1 unspecified atom stereocenters. The second kappa shape index (κ2) is 10.8. The minimum absolute atomic E-state index is 0.0662. The molecule has 0 aromatic heterocycles. The molecule has 0 N–H and O–H groups in total. The van der Waals surface area contributed by atoms with Crippen molar-refractivity contribution in [1.29, 1.82) is 0 Å². The third-order valence-corrected chi connectivity index (χ3v) is 8.12. The lowest BCUT2D eigenvalue weighted by Gasteiger charge is -2.30. The van der Waals surface area contributed by atoms with E-state index >= 15 is 8.78 Å². The van der Waals surface area contributed by atoms with Gasteiger partial charge in [-0.3, -0.25) is 0 Å². The number of esters is 1. The van der Waals surface area contributed by atoms with E-state index in [4.69, 9.17) is 9.47 Å². The van der Waals surface area contributed by atoms with Crippen LogP contribution in [0, 0.1) is 23.4 Å². The first-order valence-corrected chi connectivity index (χ1v) is 13.2. The maximum absolute atomic E-state index is 15.1.